The van der Waals surface area contributed by atoms with Crippen molar-refractivity contribution >= 4 is 22.5 Å². The quantitative estimate of drug-likeness (QED) is 0.700. The van der Waals surface area contributed by atoms with Gasteiger partial charge in [-0.1, -0.05) is 29.8 Å². The fourth-order valence-corrected chi connectivity index (χ4v) is 1.94. The third kappa shape index (κ3) is 1.29. The van der Waals surface area contributed by atoms with E-state index in [4.69, 9.17) is 11.6 Å². The first kappa shape index (κ1) is 9.35. The van der Waals surface area contributed by atoms with Crippen LogP contribution in [-0.2, 0) is 7.05 Å². The average molecular weight is 234 g/mol. The molecule has 0 bridgehead atoms. The SMILES string of the molecule is Cn1nnc(-c2[nH]c3ccccc3c2Cl)n1. The molecule has 6 heteroatoms. The number of aromatic nitrogens is 5. The number of aryl methyl sites for hydroxylation is 1. The van der Waals surface area contributed by atoms with Gasteiger partial charge < -0.3 is 4.98 Å². The van der Waals surface area contributed by atoms with Crippen molar-refractivity contribution < 1.29 is 0 Å². The maximum atomic E-state index is 6.25. The van der Waals surface area contributed by atoms with Crippen LogP contribution in [0.25, 0.3) is 22.4 Å². The van der Waals surface area contributed by atoms with Crippen LogP contribution in [0.15, 0.2) is 24.3 Å². The molecule has 2 aromatic heterocycles. The number of fused-ring (bicyclic) bond motifs is 1. The molecule has 0 saturated carbocycles. The smallest absolute Gasteiger partial charge is 0.222 e. The third-order valence-corrected chi connectivity index (χ3v) is 2.77. The zero-order valence-corrected chi connectivity index (χ0v) is 9.23. The lowest BCUT2D eigenvalue weighted by molar-refractivity contribution is 0.630. The van der Waals surface area contributed by atoms with E-state index in [1.807, 2.05) is 24.3 Å². The predicted octanol–water partition coefficient (Wildman–Crippen LogP) is 2.01. The molecule has 0 fully saturated rings. The van der Waals surface area contributed by atoms with E-state index in [-0.39, 0.29) is 0 Å². The average Bonchev–Trinajstić information content (AvgIpc) is 2.84. The Morgan fingerprint density at radius 3 is 2.81 bits per heavy atom. The number of H-pyrrole nitrogens is 1. The Morgan fingerprint density at radius 1 is 1.31 bits per heavy atom. The van der Waals surface area contributed by atoms with Crippen LogP contribution in [0.3, 0.4) is 0 Å². The summed E-state index contributed by atoms with van der Waals surface area (Å²) < 4.78 is 0. The summed E-state index contributed by atoms with van der Waals surface area (Å²) in [6.45, 7) is 0. The molecule has 2 heterocycles. The van der Waals surface area contributed by atoms with E-state index in [1.165, 1.54) is 4.80 Å². The zero-order chi connectivity index (χ0) is 11.1. The van der Waals surface area contributed by atoms with Crippen LogP contribution in [0.1, 0.15) is 0 Å². The number of benzene rings is 1. The molecular formula is C10H8ClN5. The van der Waals surface area contributed by atoms with E-state index in [1.54, 1.807) is 7.05 Å². The molecule has 0 aliphatic heterocycles. The second kappa shape index (κ2) is 3.31. The second-order valence-corrected chi connectivity index (χ2v) is 3.84. The molecule has 0 radical (unpaired) electrons. The summed E-state index contributed by atoms with van der Waals surface area (Å²) in [5.41, 5.74) is 1.67. The molecule has 0 spiro atoms. The van der Waals surface area contributed by atoms with Gasteiger partial charge in [-0.2, -0.15) is 4.80 Å². The molecule has 1 aromatic carbocycles. The number of aromatic amines is 1. The van der Waals surface area contributed by atoms with Gasteiger partial charge in [-0.15, -0.1) is 10.2 Å². The van der Waals surface area contributed by atoms with Gasteiger partial charge in [-0.05, 0) is 11.3 Å². The van der Waals surface area contributed by atoms with Crippen molar-refractivity contribution in [2.45, 2.75) is 0 Å². The van der Waals surface area contributed by atoms with Crippen LogP contribution in [0.4, 0.5) is 0 Å². The van der Waals surface area contributed by atoms with Crippen molar-refractivity contribution in [1.82, 2.24) is 25.2 Å². The maximum absolute atomic E-state index is 6.25. The first-order valence-electron chi connectivity index (χ1n) is 4.76. The van der Waals surface area contributed by atoms with Crippen molar-refractivity contribution in [3.8, 4) is 11.5 Å². The number of nitrogens with one attached hydrogen (secondary N) is 1. The van der Waals surface area contributed by atoms with Gasteiger partial charge in [0.2, 0.25) is 5.82 Å². The first-order chi connectivity index (χ1) is 7.75. The fraction of sp³-hybridized carbons (Fsp3) is 0.100. The Kier molecular flexibility index (Phi) is 1.94. The van der Waals surface area contributed by atoms with Gasteiger partial charge >= 0.3 is 0 Å². The molecule has 0 aliphatic rings. The minimum Gasteiger partial charge on any atom is -0.351 e. The van der Waals surface area contributed by atoms with Crippen molar-refractivity contribution in [2.75, 3.05) is 0 Å². The Labute approximate surface area is 96.0 Å². The highest BCUT2D eigenvalue weighted by molar-refractivity contribution is 6.38. The monoisotopic (exact) mass is 233 g/mol. The highest BCUT2D eigenvalue weighted by atomic mass is 35.5. The molecule has 5 nitrogen and oxygen atoms in total. The predicted molar refractivity (Wildman–Crippen MR) is 61.1 cm³/mol. The van der Waals surface area contributed by atoms with E-state index < -0.39 is 0 Å². The third-order valence-electron chi connectivity index (χ3n) is 2.37. The molecule has 3 aromatic rings. The molecule has 0 saturated heterocycles. The molecular weight excluding hydrogens is 226 g/mol. The largest absolute Gasteiger partial charge is 0.351 e. The second-order valence-electron chi connectivity index (χ2n) is 3.46. The number of para-hydroxylation sites is 1. The lowest BCUT2D eigenvalue weighted by atomic mass is 10.2. The molecule has 0 unspecified atom stereocenters. The van der Waals surface area contributed by atoms with Crippen LogP contribution >= 0.6 is 11.6 Å². The molecule has 16 heavy (non-hydrogen) atoms. The highest BCUT2D eigenvalue weighted by Gasteiger charge is 2.14. The van der Waals surface area contributed by atoms with E-state index in [9.17, 15) is 0 Å². The summed E-state index contributed by atoms with van der Waals surface area (Å²) in [6.07, 6.45) is 0. The van der Waals surface area contributed by atoms with Crippen molar-refractivity contribution in [2.24, 2.45) is 7.05 Å². The van der Waals surface area contributed by atoms with Crippen molar-refractivity contribution in [3.05, 3.63) is 29.3 Å². The summed E-state index contributed by atoms with van der Waals surface area (Å²) in [5, 5.41) is 13.4. The summed E-state index contributed by atoms with van der Waals surface area (Å²) in [5.74, 6) is 0.503. The molecule has 1 N–H and O–H groups in total. The number of hydrogen-bond donors (Lipinski definition) is 1. The van der Waals surface area contributed by atoms with Crippen LogP contribution in [0, 0.1) is 0 Å². The number of tetrazole rings is 1. The van der Waals surface area contributed by atoms with Crippen molar-refractivity contribution in [3.63, 3.8) is 0 Å². The van der Waals surface area contributed by atoms with Crippen LogP contribution < -0.4 is 0 Å². The van der Waals surface area contributed by atoms with Gasteiger partial charge in [-0.3, -0.25) is 0 Å². The van der Waals surface area contributed by atoms with Gasteiger partial charge in [0.05, 0.1) is 12.1 Å². The molecule has 0 atom stereocenters. The number of nitrogens with zero attached hydrogens (tertiary/aromatic N) is 4. The van der Waals surface area contributed by atoms with Gasteiger partial charge in [0.1, 0.15) is 5.69 Å². The van der Waals surface area contributed by atoms with Gasteiger partial charge in [-0.25, -0.2) is 0 Å². The zero-order valence-electron chi connectivity index (χ0n) is 8.48. The van der Waals surface area contributed by atoms with Crippen molar-refractivity contribution in [1.29, 1.82) is 0 Å². The maximum Gasteiger partial charge on any atom is 0.222 e. The lowest BCUT2D eigenvalue weighted by Crippen LogP contribution is -1.91. The molecule has 3 rings (SSSR count). The number of halogens is 1. The summed E-state index contributed by atoms with van der Waals surface area (Å²) >= 11 is 6.25. The fourth-order valence-electron chi connectivity index (χ4n) is 1.65. The van der Waals surface area contributed by atoms with E-state index in [0.717, 1.165) is 10.9 Å². The summed E-state index contributed by atoms with van der Waals surface area (Å²) in [6, 6.07) is 7.80. The first-order valence-corrected chi connectivity index (χ1v) is 5.14. The Balaban J connectivity index is 2.28. The lowest BCUT2D eigenvalue weighted by Gasteiger charge is -1.89. The molecule has 80 valence electrons. The van der Waals surface area contributed by atoms with E-state index in [2.05, 4.69) is 20.4 Å². The van der Waals surface area contributed by atoms with Gasteiger partial charge in [0.15, 0.2) is 0 Å². The van der Waals surface area contributed by atoms with Gasteiger partial charge in [0, 0.05) is 10.9 Å². The number of hydrogen-bond acceptors (Lipinski definition) is 3. The minimum absolute atomic E-state index is 0.503. The van der Waals surface area contributed by atoms with Crippen LogP contribution in [-0.4, -0.2) is 25.2 Å². The standard InChI is InChI=1S/C10H8ClN5/c1-16-14-10(13-15-16)9-8(11)6-4-2-3-5-7(6)12-9/h2-5,12H,1H3. The van der Waals surface area contributed by atoms with E-state index in [0.29, 0.717) is 16.5 Å². The number of rotatable bonds is 1. The Hall–Kier alpha value is -1.88. The Morgan fingerprint density at radius 2 is 2.12 bits per heavy atom. The van der Waals surface area contributed by atoms with Crippen LogP contribution in [0.5, 0.6) is 0 Å². The van der Waals surface area contributed by atoms with E-state index >= 15 is 0 Å². The normalized spacial score (nSPS) is 11.1. The van der Waals surface area contributed by atoms with Crippen LogP contribution in [0.2, 0.25) is 5.02 Å². The Bertz CT molecular complexity index is 654. The van der Waals surface area contributed by atoms with Gasteiger partial charge in [0.25, 0.3) is 0 Å². The topological polar surface area (TPSA) is 59.4 Å². The summed E-state index contributed by atoms with van der Waals surface area (Å²) in [7, 11) is 1.72. The molecule has 0 amide bonds. The molecule has 0 aliphatic carbocycles. The highest BCUT2D eigenvalue weighted by Crippen LogP contribution is 2.32. The summed E-state index contributed by atoms with van der Waals surface area (Å²) in [4.78, 5) is 4.58. The minimum atomic E-state index is 0.503.